The van der Waals surface area contributed by atoms with E-state index in [2.05, 4.69) is 36.4 Å². The third kappa shape index (κ3) is 3.05. The third-order valence-corrected chi connectivity index (χ3v) is 11.7. The third-order valence-electron chi connectivity index (χ3n) is 6.89. The van der Waals surface area contributed by atoms with E-state index in [0.717, 1.165) is 21.1 Å². The van der Waals surface area contributed by atoms with Gasteiger partial charge in [0.2, 0.25) is 0 Å². The zero-order valence-electron chi connectivity index (χ0n) is 19.3. The lowest BCUT2D eigenvalue weighted by atomic mass is 9.92. The Bertz CT molecular complexity index is 1220. The van der Waals surface area contributed by atoms with Crippen molar-refractivity contribution < 1.29 is 9.59 Å². The maximum absolute atomic E-state index is 14.1. The summed E-state index contributed by atoms with van der Waals surface area (Å²) in [6.07, 6.45) is 0. The molecule has 5 rings (SSSR count). The van der Waals surface area contributed by atoms with Crippen LogP contribution in [0, 0.1) is 0 Å². The molecule has 4 aromatic carbocycles. The molecule has 34 heavy (non-hydrogen) atoms. The van der Waals surface area contributed by atoms with Gasteiger partial charge in [0.05, 0.1) is 0 Å². The Labute approximate surface area is 201 Å². The minimum absolute atomic E-state index is 0.219. The van der Waals surface area contributed by atoms with Gasteiger partial charge in [-0.1, -0.05) is 121 Å². The Morgan fingerprint density at radius 1 is 0.588 bits per heavy atom. The van der Waals surface area contributed by atoms with E-state index in [9.17, 15) is 9.59 Å². The number of nitrogens with zero attached hydrogens (tertiary/aromatic N) is 2. The summed E-state index contributed by atoms with van der Waals surface area (Å²) in [5.74, 6) is -0.219. The molecule has 0 aromatic heterocycles. The molecule has 168 valence electrons. The number of carbonyl (C=O) groups is 2. The molecule has 1 aliphatic rings. The van der Waals surface area contributed by atoms with E-state index in [0.29, 0.717) is 0 Å². The van der Waals surface area contributed by atoms with Gasteiger partial charge in [-0.05, 0) is 28.0 Å². The second-order valence-electron chi connectivity index (χ2n) is 8.73. The minimum atomic E-state index is -3.23. The number of imide groups is 1. The van der Waals surface area contributed by atoms with Crippen molar-refractivity contribution in [2.24, 2.45) is 0 Å². The average Bonchev–Trinajstić information content (AvgIpc) is 3.08. The van der Waals surface area contributed by atoms with Crippen molar-refractivity contribution in [3.05, 3.63) is 127 Å². The number of carbonyl (C=O) groups excluding carboxylic acids is 2. The van der Waals surface area contributed by atoms with Crippen LogP contribution in [0.4, 0.5) is 4.79 Å². The molecule has 0 N–H and O–H groups in total. The van der Waals surface area contributed by atoms with E-state index < -0.39 is 13.8 Å². The van der Waals surface area contributed by atoms with Crippen LogP contribution in [-0.2, 0) is 10.3 Å². The highest BCUT2D eigenvalue weighted by Gasteiger charge is 2.63. The maximum Gasteiger partial charge on any atom is 0.320 e. The molecule has 1 unspecified atom stereocenters. The van der Waals surface area contributed by atoms with Crippen molar-refractivity contribution in [3.63, 3.8) is 0 Å². The summed E-state index contributed by atoms with van der Waals surface area (Å²) < 4.78 is 1.91. The molecule has 4 nitrogen and oxygen atoms in total. The first-order valence-electron chi connectivity index (χ1n) is 11.4. The number of rotatable bonds is 5. The summed E-state index contributed by atoms with van der Waals surface area (Å²) in [5, 5.41) is 3.14. The number of benzene rings is 4. The van der Waals surface area contributed by atoms with Crippen molar-refractivity contribution in [2.45, 2.75) is 12.5 Å². The van der Waals surface area contributed by atoms with E-state index in [4.69, 9.17) is 0 Å². The number of hydrogen-bond donors (Lipinski definition) is 0. The largest absolute Gasteiger partial charge is 0.321 e. The SMILES string of the molecule is CN1C(=O)N([Si](c2ccccc2)(c2ccccc2)c2ccccc2)C(C)(c2ccccc2)C1=O. The molecule has 0 saturated carbocycles. The van der Waals surface area contributed by atoms with Crippen molar-refractivity contribution >= 4 is 35.7 Å². The summed E-state index contributed by atoms with van der Waals surface area (Å²) in [5.41, 5.74) is -0.363. The molecule has 4 aromatic rings. The Morgan fingerprint density at radius 2 is 0.941 bits per heavy atom. The molecule has 1 saturated heterocycles. The van der Waals surface area contributed by atoms with Crippen LogP contribution in [0.5, 0.6) is 0 Å². The van der Waals surface area contributed by atoms with Crippen molar-refractivity contribution in [1.82, 2.24) is 9.47 Å². The first-order chi connectivity index (χ1) is 16.5. The molecule has 0 aliphatic carbocycles. The fourth-order valence-corrected chi connectivity index (χ4v) is 10.4. The highest BCUT2D eigenvalue weighted by Crippen LogP contribution is 2.40. The predicted octanol–water partition coefficient (Wildman–Crippen LogP) is 3.46. The van der Waals surface area contributed by atoms with Gasteiger partial charge in [0, 0.05) is 7.05 Å². The number of likely N-dealkylation sites (N-methyl/N-ethyl adjacent to an activating group) is 1. The lowest BCUT2D eigenvalue weighted by Crippen LogP contribution is -2.80. The van der Waals surface area contributed by atoms with Gasteiger partial charge in [-0.3, -0.25) is 9.69 Å². The molecule has 3 amide bonds. The van der Waals surface area contributed by atoms with Gasteiger partial charge < -0.3 is 4.57 Å². The van der Waals surface area contributed by atoms with Gasteiger partial charge in [0.15, 0.2) is 0 Å². The molecule has 1 fully saturated rings. The lowest BCUT2D eigenvalue weighted by Gasteiger charge is -2.47. The molecule has 0 radical (unpaired) electrons. The molecule has 0 spiro atoms. The summed E-state index contributed by atoms with van der Waals surface area (Å²) in [4.78, 5) is 29.3. The van der Waals surface area contributed by atoms with E-state index in [1.54, 1.807) is 7.05 Å². The quantitative estimate of drug-likeness (QED) is 0.259. The van der Waals surface area contributed by atoms with Crippen LogP contribution >= 0.6 is 0 Å². The van der Waals surface area contributed by atoms with Crippen molar-refractivity contribution in [2.75, 3.05) is 7.05 Å². The Kier molecular flexibility index (Phi) is 5.42. The normalized spacial score (nSPS) is 18.4. The summed E-state index contributed by atoms with van der Waals surface area (Å²) in [6, 6.07) is 39.9. The minimum Gasteiger partial charge on any atom is -0.321 e. The molecule has 1 heterocycles. The predicted molar refractivity (Wildman–Crippen MR) is 138 cm³/mol. The first kappa shape index (κ1) is 21.9. The molecule has 1 aliphatic heterocycles. The molecular formula is C29H26N2O2Si. The van der Waals surface area contributed by atoms with Crippen LogP contribution < -0.4 is 15.6 Å². The summed E-state index contributed by atoms with van der Waals surface area (Å²) in [6.45, 7) is 1.89. The Balaban J connectivity index is 1.94. The van der Waals surface area contributed by atoms with Crippen LogP contribution in [0.3, 0.4) is 0 Å². The molecule has 0 bridgehead atoms. The van der Waals surface area contributed by atoms with E-state index in [1.165, 1.54) is 4.90 Å². The van der Waals surface area contributed by atoms with Crippen LogP contribution in [0.25, 0.3) is 0 Å². The standard InChI is InChI=1S/C29H26N2O2Si/c1-29(23-15-7-3-8-16-23)27(32)30(2)28(33)31(29)34(24-17-9-4-10-18-24,25-19-11-5-12-20-25)26-21-13-6-14-22-26/h3-22H,1-2H3. The van der Waals surface area contributed by atoms with Gasteiger partial charge in [-0.15, -0.1) is 0 Å². The van der Waals surface area contributed by atoms with E-state index >= 15 is 0 Å². The maximum atomic E-state index is 14.1. The topological polar surface area (TPSA) is 40.6 Å². The first-order valence-corrected chi connectivity index (χ1v) is 13.3. The smallest absolute Gasteiger partial charge is 0.320 e. The van der Waals surface area contributed by atoms with Crippen LogP contribution in [0.1, 0.15) is 12.5 Å². The summed E-state index contributed by atoms with van der Waals surface area (Å²) >= 11 is 0. The van der Waals surface area contributed by atoms with Gasteiger partial charge in [-0.2, -0.15) is 0 Å². The fourth-order valence-electron chi connectivity index (χ4n) is 5.27. The van der Waals surface area contributed by atoms with Crippen LogP contribution in [-0.4, -0.2) is 36.7 Å². The van der Waals surface area contributed by atoms with Crippen LogP contribution in [0.15, 0.2) is 121 Å². The monoisotopic (exact) mass is 462 g/mol. The molecule has 1 atom stereocenters. The number of hydrogen-bond acceptors (Lipinski definition) is 2. The highest BCUT2D eigenvalue weighted by molar-refractivity contribution is 7.10. The van der Waals surface area contributed by atoms with Gasteiger partial charge in [0.1, 0.15) is 5.54 Å². The average molecular weight is 463 g/mol. The van der Waals surface area contributed by atoms with Crippen LogP contribution in [0.2, 0.25) is 0 Å². The van der Waals surface area contributed by atoms with Gasteiger partial charge in [0.25, 0.3) is 14.1 Å². The van der Waals surface area contributed by atoms with E-state index in [1.807, 2.05) is 96.4 Å². The molecule has 5 heteroatoms. The Hall–Kier alpha value is -3.96. The number of amides is 3. The van der Waals surface area contributed by atoms with Gasteiger partial charge >= 0.3 is 6.03 Å². The zero-order valence-corrected chi connectivity index (χ0v) is 20.3. The van der Waals surface area contributed by atoms with Crippen molar-refractivity contribution in [3.8, 4) is 0 Å². The van der Waals surface area contributed by atoms with Crippen molar-refractivity contribution in [1.29, 1.82) is 0 Å². The highest BCUT2D eigenvalue weighted by atomic mass is 28.3. The fraction of sp³-hybridized carbons (Fsp3) is 0.103. The second kappa shape index (κ2) is 8.43. The Morgan fingerprint density at radius 3 is 1.32 bits per heavy atom. The molecular weight excluding hydrogens is 436 g/mol. The second-order valence-corrected chi connectivity index (χ2v) is 12.3. The lowest BCUT2D eigenvalue weighted by molar-refractivity contribution is -0.131. The van der Waals surface area contributed by atoms with Gasteiger partial charge in [-0.25, -0.2) is 4.79 Å². The summed E-state index contributed by atoms with van der Waals surface area (Å²) in [7, 11) is -1.65. The zero-order chi connectivity index (χ0) is 23.8. The van der Waals surface area contributed by atoms with E-state index in [-0.39, 0.29) is 11.9 Å². The number of urea groups is 1.